The third-order valence-electron chi connectivity index (χ3n) is 4.23. The van der Waals surface area contributed by atoms with E-state index in [0.29, 0.717) is 23.0 Å². The number of hydrogen-bond acceptors (Lipinski definition) is 5. The van der Waals surface area contributed by atoms with Crippen molar-refractivity contribution in [1.82, 2.24) is 9.97 Å². The number of aromatic nitrogens is 2. The molecule has 6 heteroatoms. The molecule has 0 aliphatic heterocycles. The minimum atomic E-state index is -0.134. The molecule has 1 amide bonds. The summed E-state index contributed by atoms with van der Waals surface area (Å²) in [6, 6.07) is 17.5. The van der Waals surface area contributed by atoms with Crippen molar-refractivity contribution >= 4 is 17.4 Å². The fourth-order valence-electron chi connectivity index (χ4n) is 2.80. The first-order valence-electron chi connectivity index (χ1n) is 9.12. The molecule has 0 aliphatic carbocycles. The van der Waals surface area contributed by atoms with Gasteiger partial charge in [-0.05, 0) is 32.4 Å². The van der Waals surface area contributed by atoms with Crippen LogP contribution in [0.5, 0.6) is 0 Å². The summed E-state index contributed by atoms with van der Waals surface area (Å²) in [5.41, 5.74) is 4.50. The molecule has 1 atom stereocenters. The Balaban J connectivity index is 1.90. The van der Waals surface area contributed by atoms with Gasteiger partial charge < -0.3 is 5.32 Å². The summed E-state index contributed by atoms with van der Waals surface area (Å²) in [5.74, 6) is 0.941. The van der Waals surface area contributed by atoms with Gasteiger partial charge in [0, 0.05) is 18.6 Å². The van der Waals surface area contributed by atoms with Crippen molar-refractivity contribution in [3.63, 3.8) is 0 Å². The Hall–Kier alpha value is -3.41. The highest BCUT2D eigenvalue weighted by Gasteiger charge is 2.10. The lowest BCUT2D eigenvalue weighted by Crippen LogP contribution is -2.07. The third-order valence-corrected chi connectivity index (χ3v) is 4.23. The zero-order valence-electron chi connectivity index (χ0n) is 16.5. The quantitative estimate of drug-likeness (QED) is 0.594. The van der Waals surface area contributed by atoms with Gasteiger partial charge in [-0.3, -0.25) is 4.79 Å². The maximum absolute atomic E-state index is 11.5. The van der Waals surface area contributed by atoms with Crippen LogP contribution in [0.25, 0.3) is 11.3 Å². The van der Waals surface area contributed by atoms with Crippen LogP contribution < -0.4 is 5.32 Å². The van der Waals surface area contributed by atoms with Gasteiger partial charge in [0.05, 0.1) is 17.4 Å². The van der Waals surface area contributed by atoms with E-state index in [-0.39, 0.29) is 11.9 Å². The lowest BCUT2D eigenvalue weighted by Gasteiger charge is -2.10. The second-order valence-electron chi connectivity index (χ2n) is 6.69. The van der Waals surface area contributed by atoms with Crippen LogP contribution in [0.2, 0.25) is 0 Å². The number of hydrogen-bond donors (Lipinski definition) is 1. The molecule has 0 aliphatic rings. The van der Waals surface area contributed by atoms with Gasteiger partial charge in [-0.25, -0.2) is 9.97 Å². The summed E-state index contributed by atoms with van der Waals surface area (Å²) in [6.07, 6.45) is 0. The number of anilines is 1. The number of carbonyl (C=O) groups is 1. The molecule has 0 radical (unpaired) electrons. The van der Waals surface area contributed by atoms with Crippen molar-refractivity contribution in [3.8, 4) is 11.3 Å². The highest BCUT2D eigenvalue weighted by molar-refractivity contribution is 5.93. The van der Waals surface area contributed by atoms with Gasteiger partial charge in [0.2, 0.25) is 5.91 Å². The number of aryl methyl sites for hydroxylation is 2. The summed E-state index contributed by atoms with van der Waals surface area (Å²) in [4.78, 5) is 20.4. The van der Waals surface area contributed by atoms with E-state index in [1.54, 1.807) is 6.07 Å². The first-order chi connectivity index (χ1) is 13.4. The van der Waals surface area contributed by atoms with Crippen LogP contribution in [0.1, 0.15) is 36.8 Å². The highest BCUT2D eigenvalue weighted by Crippen LogP contribution is 2.29. The van der Waals surface area contributed by atoms with Crippen LogP contribution in [-0.2, 0) is 4.79 Å². The number of amides is 1. The number of rotatable bonds is 5. The molecule has 6 nitrogen and oxygen atoms in total. The van der Waals surface area contributed by atoms with Gasteiger partial charge in [-0.15, -0.1) is 5.11 Å². The zero-order valence-corrected chi connectivity index (χ0v) is 16.5. The van der Waals surface area contributed by atoms with E-state index >= 15 is 0 Å². The number of para-hydroxylation sites is 1. The summed E-state index contributed by atoms with van der Waals surface area (Å²) in [6.45, 7) is 7.34. The molecule has 1 unspecified atom stereocenters. The normalized spacial score (nSPS) is 12.1. The smallest absolute Gasteiger partial charge is 0.221 e. The van der Waals surface area contributed by atoms with Crippen LogP contribution >= 0.6 is 0 Å². The van der Waals surface area contributed by atoms with Crippen LogP contribution in [0, 0.1) is 13.8 Å². The van der Waals surface area contributed by atoms with Crippen molar-refractivity contribution in [2.24, 2.45) is 10.2 Å². The maximum atomic E-state index is 11.5. The number of azo groups is 1. The lowest BCUT2D eigenvalue weighted by molar-refractivity contribution is -0.114. The summed E-state index contributed by atoms with van der Waals surface area (Å²) in [5, 5.41) is 11.6. The van der Waals surface area contributed by atoms with Crippen molar-refractivity contribution in [2.45, 2.75) is 33.7 Å². The van der Waals surface area contributed by atoms with E-state index in [2.05, 4.69) is 56.7 Å². The monoisotopic (exact) mass is 373 g/mol. The SMILES string of the molecule is CC(=O)Nc1ccccc1-c1cc(N=NC(C)c2ccc(C)cc2)nc(C)n1. The molecule has 142 valence electrons. The molecule has 2 aromatic carbocycles. The molecule has 0 saturated carbocycles. The largest absolute Gasteiger partial charge is 0.326 e. The van der Waals surface area contributed by atoms with Gasteiger partial charge in [0.25, 0.3) is 0 Å². The van der Waals surface area contributed by atoms with Crippen LogP contribution in [-0.4, -0.2) is 15.9 Å². The van der Waals surface area contributed by atoms with Crippen molar-refractivity contribution in [2.75, 3.05) is 5.32 Å². The Bertz CT molecular complexity index is 1010. The van der Waals surface area contributed by atoms with Crippen LogP contribution in [0.4, 0.5) is 11.5 Å². The Kier molecular flexibility index (Phi) is 5.89. The number of nitrogens with zero attached hydrogens (tertiary/aromatic N) is 4. The lowest BCUT2D eigenvalue weighted by atomic mass is 10.1. The number of nitrogens with one attached hydrogen (secondary N) is 1. The average molecular weight is 373 g/mol. The highest BCUT2D eigenvalue weighted by atomic mass is 16.1. The van der Waals surface area contributed by atoms with Crippen LogP contribution in [0.15, 0.2) is 64.8 Å². The molecule has 1 aromatic heterocycles. The van der Waals surface area contributed by atoms with Gasteiger partial charge in [-0.2, -0.15) is 5.11 Å². The van der Waals surface area contributed by atoms with E-state index in [1.165, 1.54) is 12.5 Å². The van der Waals surface area contributed by atoms with E-state index in [1.807, 2.05) is 38.1 Å². The number of carbonyl (C=O) groups excluding carboxylic acids is 1. The molecule has 1 heterocycles. The van der Waals surface area contributed by atoms with Gasteiger partial charge in [0.15, 0.2) is 5.82 Å². The molecule has 0 bridgehead atoms. The average Bonchev–Trinajstić information content (AvgIpc) is 2.66. The van der Waals surface area contributed by atoms with E-state index in [0.717, 1.165) is 11.1 Å². The van der Waals surface area contributed by atoms with E-state index < -0.39 is 0 Å². The fourth-order valence-corrected chi connectivity index (χ4v) is 2.80. The summed E-state index contributed by atoms with van der Waals surface area (Å²) in [7, 11) is 0. The second-order valence-corrected chi connectivity index (χ2v) is 6.69. The Morgan fingerprint density at radius 2 is 1.75 bits per heavy atom. The minimum absolute atomic E-state index is 0.0778. The molecule has 1 N–H and O–H groups in total. The van der Waals surface area contributed by atoms with Gasteiger partial charge in [0.1, 0.15) is 5.82 Å². The Morgan fingerprint density at radius 1 is 1.04 bits per heavy atom. The fraction of sp³-hybridized carbons (Fsp3) is 0.227. The second kappa shape index (κ2) is 8.52. The summed E-state index contributed by atoms with van der Waals surface area (Å²) >= 11 is 0. The molecule has 3 aromatic rings. The van der Waals surface area contributed by atoms with E-state index in [9.17, 15) is 4.79 Å². The predicted molar refractivity (Wildman–Crippen MR) is 111 cm³/mol. The van der Waals surface area contributed by atoms with Crippen molar-refractivity contribution in [3.05, 3.63) is 71.5 Å². The van der Waals surface area contributed by atoms with Gasteiger partial charge >= 0.3 is 0 Å². The zero-order chi connectivity index (χ0) is 20.1. The maximum Gasteiger partial charge on any atom is 0.221 e. The third kappa shape index (κ3) is 4.85. The van der Waals surface area contributed by atoms with E-state index in [4.69, 9.17) is 0 Å². The molecule has 0 spiro atoms. The van der Waals surface area contributed by atoms with Crippen molar-refractivity contribution < 1.29 is 4.79 Å². The molecule has 0 saturated heterocycles. The first kappa shape index (κ1) is 19.4. The molecule has 0 fully saturated rings. The Morgan fingerprint density at radius 3 is 2.46 bits per heavy atom. The topological polar surface area (TPSA) is 79.6 Å². The first-order valence-corrected chi connectivity index (χ1v) is 9.12. The van der Waals surface area contributed by atoms with Crippen molar-refractivity contribution in [1.29, 1.82) is 0 Å². The predicted octanol–water partition coefficient (Wildman–Crippen LogP) is 5.56. The minimum Gasteiger partial charge on any atom is -0.326 e. The standard InChI is InChI=1S/C22H23N5O/c1-14-9-11-18(12-10-14)15(2)26-27-22-13-21(23-16(3)24-22)19-7-5-6-8-20(19)25-17(4)28/h5-13,15H,1-4H3,(H,25,28). The molecular formula is C22H23N5O. The number of benzene rings is 2. The molecular weight excluding hydrogens is 350 g/mol. The Labute approximate surface area is 164 Å². The summed E-state index contributed by atoms with van der Waals surface area (Å²) < 4.78 is 0. The van der Waals surface area contributed by atoms with Crippen LogP contribution in [0.3, 0.4) is 0 Å². The van der Waals surface area contributed by atoms with Gasteiger partial charge in [-0.1, -0.05) is 48.0 Å². The molecule has 28 heavy (non-hydrogen) atoms. The molecule has 3 rings (SSSR count).